The Morgan fingerprint density at radius 1 is 1.13 bits per heavy atom. The predicted octanol–water partition coefficient (Wildman–Crippen LogP) is 2.88. The van der Waals surface area contributed by atoms with E-state index in [0.717, 1.165) is 10.9 Å². The van der Waals surface area contributed by atoms with Crippen molar-refractivity contribution in [2.24, 2.45) is 0 Å². The molecule has 1 aromatic carbocycles. The van der Waals surface area contributed by atoms with Crippen molar-refractivity contribution in [2.45, 2.75) is 19.4 Å². The first-order chi connectivity index (χ1) is 10.1. The molecule has 23 heavy (non-hydrogen) atoms. The van der Waals surface area contributed by atoms with E-state index in [2.05, 4.69) is 15.6 Å². The fraction of sp³-hybridized carbons (Fsp3) is 0.400. The highest BCUT2D eigenvalue weighted by molar-refractivity contribution is 5.86. The summed E-state index contributed by atoms with van der Waals surface area (Å²) in [5.74, 6) is 0. The second-order valence-corrected chi connectivity index (χ2v) is 4.89. The first-order valence-electron chi connectivity index (χ1n) is 6.92. The highest BCUT2D eigenvalue weighted by Gasteiger charge is 2.10. The number of nitrogens with one attached hydrogen (secondary N) is 3. The SMILES string of the molecule is CC(NCCNCC(F)F)c1c[nH]c(=O)c2ccccc12.Cl.Cl. The van der Waals surface area contributed by atoms with E-state index in [1.807, 2.05) is 25.1 Å². The zero-order valence-corrected chi connectivity index (χ0v) is 14.3. The van der Waals surface area contributed by atoms with Gasteiger partial charge in [0.15, 0.2) is 0 Å². The molecule has 0 aliphatic heterocycles. The molecule has 0 aliphatic rings. The number of hydrogen-bond donors (Lipinski definition) is 3. The minimum atomic E-state index is -2.33. The Balaban J connectivity index is 0.00000242. The van der Waals surface area contributed by atoms with E-state index in [0.29, 0.717) is 18.5 Å². The molecule has 0 spiro atoms. The highest BCUT2D eigenvalue weighted by Crippen LogP contribution is 2.20. The lowest BCUT2D eigenvalue weighted by atomic mass is 10.0. The smallest absolute Gasteiger partial charge is 0.255 e. The Morgan fingerprint density at radius 2 is 1.78 bits per heavy atom. The summed E-state index contributed by atoms with van der Waals surface area (Å²) in [5, 5.41) is 7.48. The topological polar surface area (TPSA) is 56.9 Å². The van der Waals surface area contributed by atoms with Crippen molar-refractivity contribution >= 4 is 35.6 Å². The van der Waals surface area contributed by atoms with Gasteiger partial charge < -0.3 is 15.6 Å². The van der Waals surface area contributed by atoms with Gasteiger partial charge in [0.2, 0.25) is 0 Å². The third-order valence-corrected chi connectivity index (χ3v) is 3.36. The van der Waals surface area contributed by atoms with Crippen LogP contribution >= 0.6 is 24.8 Å². The van der Waals surface area contributed by atoms with Gasteiger partial charge in [0.05, 0.1) is 6.54 Å². The molecule has 1 aromatic heterocycles. The summed E-state index contributed by atoms with van der Waals surface area (Å²) in [6.45, 7) is 2.72. The van der Waals surface area contributed by atoms with Gasteiger partial charge in [-0.2, -0.15) is 0 Å². The maximum atomic E-state index is 12.0. The molecule has 8 heteroatoms. The second-order valence-electron chi connectivity index (χ2n) is 4.89. The average Bonchev–Trinajstić information content (AvgIpc) is 2.47. The van der Waals surface area contributed by atoms with Crippen molar-refractivity contribution in [3.8, 4) is 0 Å². The number of aromatic nitrogens is 1. The Hall–Kier alpha value is -1.21. The lowest BCUT2D eigenvalue weighted by Gasteiger charge is -2.16. The van der Waals surface area contributed by atoms with Crippen LogP contribution in [0.3, 0.4) is 0 Å². The summed E-state index contributed by atoms with van der Waals surface area (Å²) in [6, 6.07) is 7.43. The highest BCUT2D eigenvalue weighted by atomic mass is 35.5. The summed E-state index contributed by atoms with van der Waals surface area (Å²) in [7, 11) is 0. The number of hydrogen-bond acceptors (Lipinski definition) is 3. The van der Waals surface area contributed by atoms with E-state index >= 15 is 0 Å². The summed E-state index contributed by atoms with van der Waals surface area (Å²) in [4.78, 5) is 14.5. The molecule has 130 valence electrons. The number of aromatic amines is 1. The molecule has 0 saturated heterocycles. The molecule has 4 nitrogen and oxygen atoms in total. The van der Waals surface area contributed by atoms with E-state index in [4.69, 9.17) is 0 Å². The van der Waals surface area contributed by atoms with Crippen molar-refractivity contribution in [2.75, 3.05) is 19.6 Å². The van der Waals surface area contributed by atoms with Gasteiger partial charge in [-0.15, -0.1) is 24.8 Å². The van der Waals surface area contributed by atoms with Crippen LogP contribution in [0.25, 0.3) is 10.8 Å². The maximum absolute atomic E-state index is 12.0. The largest absolute Gasteiger partial charge is 0.328 e. The molecule has 2 aromatic rings. The van der Waals surface area contributed by atoms with Crippen LogP contribution in [0.15, 0.2) is 35.3 Å². The zero-order chi connectivity index (χ0) is 15.2. The first-order valence-corrected chi connectivity index (χ1v) is 6.92. The fourth-order valence-corrected chi connectivity index (χ4v) is 2.29. The molecule has 0 saturated carbocycles. The Labute approximate surface area is 145 Å². The van der Waals surface area contributed by atoms with Gasteiger partial charge in [-0.1, -0.05) is 18.2 Å². The molecule has 0 radical (unpaired) electrons. The quantitative estimate of drug-likeness (QED) is 0.659. The lowest BCUT2D eigenvalue weighted by molar-refractivity contribution is 0.146. The first kappa shape index (κ1) is 21.8. The average molecular weight is 368 g/mol. The maximum Gasteiger partial charge on any atom is 0.255 e. The third kappa shape index (κ3) is 6.06. The van der Waals surface area contributed by atoms with Crippen LogP contribution in [-0.2, 0) is 0 Å². The molecule has 0 amide bonds. The van der Waals surface area contributed by atoms with E-state index < -0.39 is 6.43 Å². The molecule has 1 atom stereocenters. The second kappa shape index (κ2) is 10.5. The van der Waals surface area contributed by atoms with Gasteiger partial charge in [-0.05, 0) is 23.9 Å². The molecular formula is C15H21Cl2F2N3O. The van der Waals surface area contributed by atoms with Gasteiger partial charge in [-0.25, -0.2) is 8.78 Å². The van der Waals surface area contributed by atoms with E-state index in [1.165, 1.54) is 0 Å². The molecule has 0 bridgehead atoms. The van der Waals surface area contributed by atoms with Crippen LogP contribution in [0.2, 0.25) is 0 Å². The summed E-state index contributed by atoms with van der Waals surface area (Å²) in [6.07, 6.45) is -0.625. The molecule has 1 heterocycles. The van der Waals surface area contributed by atoms with Crippen LogP contribution in [0.4, 0.5) is 8.78 Å². The Morgan fingerprint density at radius 3 is 2.43 bits per heavy atom. The number of rotatable bonds is 7. The van der Waals surface area contributed by atoms with Crippen LogP contribution < -0.4 is 16.2 Å². The van der Waals surface area contributed by atoms with E-state index in [-0.39, 0.29) is 43.0 Å². The molecule has 1 unspecified atom stereocenters. The van der Waals surface area contributed by atoms with Gasteiger partial charge in [0, 0.05) is 30.7 Å². The third-order valence-electron chi connectivity index (χ3n) is 3.36. The number of pyridine rings is 1. The number of benzene rings is 1. The number of alkyl halides is 2. The van der Waals surface area contributed by atoms with Crippen LogP contribution in [-0.4, -0.2) is 31.0 Å². The lowest BCUT2D eigenvalue weighted by Crippen LogP contribution is -2.31. The van der Waals surface area contributed by atoms with Gasteiger partial charge in [0.25, 0.3) is 12.0 Å². The normalized spacial score (nSPS) is 11.8. The molecule has 0 fully saturated rings. The molecule has 2 rings (SSSR count). The summed E-state index contributed by atoms with van der Waals surface area (Å²) < 4.78 is 24.0. The Kier molecular flexibility index (Phi) is 9.99. The molecular weight excluding hydrogens is 347 g/mol. The van der Waals surface area contributed by atoms with Crippen molar-refractivity contribution in [1.82, 2.24) is 15.6 Å². The minimum absolute atomic E-state index is 0. The van der Waals surface area contributed by atoms with Crippen molar-refractivity contribution in [3.05, 3.63) is 46.4 Å². The standard InChI is InChI=1S/C15H19F2N3O.2ClH/c1-10(19-7-6-18-9-14(16)17)13-8-20-15(21)12-5-3-2-4-11(12)13;;/h2-5,8,10,14,18-19H,6-7,9H2,1H3,(H,20,21);2*1H. The van der Waals surface area contributed by atoms with Gasteiger partial charge >= 0.3 is 0 Å². The summed E-state index contributed by atoms with van der Waals surface area (Å²) >= 11 is 0. The van der Waals surface area contributed by atoms with Crippen LogP contribution in [0.5, 0.6) is 0 Å². The van der Waals surface area contributed by atoms with Crippen LogP contribution in [0.1, 0.15) is 18.5 Å². The summed E-state index contributed by atoms with van der Waals surface area (Å²) in [5.41, 5.74) is 0.874. The van der Waals surface area contributed by atoms with Crippen molar-refractivity contribution in [1.29, 1.82) is 0 Å². The number of fused-ring (bicyclic) bond motifs is 1. The van der Waals surface area contributed by atoms with Gasteiger partial charge in [0.1, 0.15) is 0 Å². The fourth-order valence-electron chi connectivity index (χ4n) is 2.29. The monoisotopic (exact) mass is 367 g/mol. The van der Waals surface area contributed by atoms with Crippen LogP contribution in [0, 0.1) is 0 Å². The number of H-pyrrole nitrogens is 1. The molecule has 3 N–H and O–H groups in total. The zero-order valence-electron chi connectivity index (χ0n) is 12.6. The Bertz CT molecular complexity index is 652. The van der Waals surface area contributed by atoms with Crippen molar-refractivity contribution in [3.63, 3.8) is 0 Å². The molecule has 0 aliphatic carbocycles. The van der Waals surface area contributed by atoms with Crippen molar-refractivity contribution < 1.29 is 8.78 Å². The van der Waals surface area contributed by atoms with E-state index in [1.54, 1.807) is 12.3 Å². The van der Waals surface area contributed by atoms with Gasteiger partial charge in [-0.3, -0.25) is 4.79 Å². The predicted molar refractivity (Wildman–Crippen MR) is 94.4 cm³/mol. The van der Waals surface area contributed by atoms with E-state index in [9.17, 15) is 13.6 Å². The minimum Gasteiger partial charge on any atom is -0.328 e. The number of halogens is 4.